The number of aliphatic carboxylic acids is 1. The molecule has 1 saturated heterocycles. The molecule has 0 aliphatic carbocycles. The molecule has 1 heterocycles. The van der Waals surface area contributed by atoms with Crippen molar-refractivity contribution in [1.29, 1.82) is 0 Å². The topological polar surface area (TPSA) is 185 Å². The van der Waals surface area contributed by atoms with E-state index in [1.54, 1.807) is 30.3 Å². The van der Waals surface area contributed by atoms with Crippen LogP contribution in [0.4, 0.5) is 5.69 Å². The number of hydrogen-bond acceptors (Lipinski definition) is 9. The Balaban J connectivity index is 2.03. The Bertz CT molecular complexity index is 1100. The third kappa shape index (κ3) is 5.86. The van der Waals surface area contributed by atoms with Gasteiger partial charge in [0.05, 0.1) is 12.2 Å². The van der Waals surface area contributed by atoms with Gasteiger partial charge < -0.3 is 35.4 Å². The number of nitrogens with zero attached hydrogens (tertiary/aromatic N) is 1. The Kier molecular flexibility index (Phi) is 9.06. The van der Waals surface area contributed by atoms with Gasteiger partial charge in [0.15, 0.2) is 0 Å². The van der Waals surface area contributed by atoms with Gasteiger partial charge in [-0.3, -0.25) is 9.69 Å². The van der Waals surface area contributed by atoms with Gasteiger partial charge in [0.25, 0.3) is 0 Å². The van der Waals surface area contributed by atoms with E-state index in [0.717, 1.165) is 16.7 Å². The predicted molar refractivity (Wildman–Crippen MR) is 128 cm³/mol. The average Bonchev–Trinajstić information content (AvgIpc) is 2.84. The number of carboxylic acids is 2. The molecule has 0 saturated carbocycles. The second-order valence-electron chi connectivity index (χ2n) is 8.19. The number of carbonyl (C=O) groups excluding carboxylic acids is 1. The van der Waals surface area contributed by atoms with Crippen LogP contribution in [0.3, 0.4) is 0 Å². The zero-order chi connectivity index (χ0) is 26.6. The van der Waals surface area contributed by atoms with Crippen LogP contribution >= 0.6 is 11.8 Å². The summed E-state index contributed by atoms with van der Waals surface area (Å²) in [5.41, 5.74) is -1.05. The molecule has 1 aliphatic heterocycles. The van der Waals surface area contributed by atoms with Gasteiger partial charge in [-0.1, -0.05) is 36.0 Å². The van der Waals surface area contributed by atoms with Crippen LogP contribution in [0.15, 0.2) is 53.4 Å². The lowest BCUT2D eigenvalue weighted by atomic mass is 9.98. The van der Waals surface area contributed by atoms with E-state index in [-0.39, 0.29) is 16.0 Å². The second-order valence-corrected chi connectivity index (χ2v) is 9.33. The van der Waals surface area contributed by atoms with Crippen LogP contribution in [0.2, 0.25) is 0 Å². The molecule has 1 aliphatic rings. The van der Waals surface area contributed by atoms with Crippen molar-refractivity contribution < 1.29 is 49.8 Å². The van der Waals surface area contributed by atoms with Crippen molar-refractivity contribution in [3.63, 3.8) is 0 Å². The molecule has 3 rings (SSSR count). The molecule has 2 aromatic carbocycles. The number of rotatable bonds is 9. The van der Waals surface area contributed by atoms with Gasteiger partial charge in [-0.25, -0.2) is 9.59 Å². The van der Waals surface area contributed by atoms with Gasteiger partial charge in [-0.2, -0.15) is 0 Å². The fraction of sp³-hybridized carbons (Fsp3) is 0.375. The lowest BCUT2D eigenvalue weighted by Crippen LogP contribution is -2.57. The zero-order valence-electron chi connectivity index (χ0n) is 19.2. The molecular formula is C24H27NO10S. The molecule has 12 heteroatoms. The summed E-state index contributed by atoms with van der Waals surface area (Å²) in [4.78, 5) is 38.1. The number of aromatic carboxylic acids is 1. The number of ether oxygens (including phenoxy) is 1. The van der Waals surface area contributed by atoms with Crippen LogP contribution in [0.25, 0.3) is 0 Å². The molecule has 1 amide bonds. The Morgan fingerprint density at radius 2 is 1.64 bits per heavy atom. The largest absolute Gasteiger partial charge is 0.480 e. The highest BCUT2D eigenvalue weighted by Gasteiger charge is 2.44. The molecule has 1 fully saturated rings. The molecule has 0 spiro atoms. The summed E-state index contributed by atoms with van der Waals surface area (Å²) in [5, 5.41) is 59.9. The molecule has 194 valence electrons. The summed E-state index contributed by atoms with van der Waals surface area (Å²) in [6, 6.07) is 10.8. The van der Waals surface area contributed by atoms with E-state index in [4.69, 9.17) is 4.74 Å². The molecule has 1 unspecified atom stereocenters. The SMILES string of the molecule is CC(=O)N(c1ccccc1)[C@@H](Cc1c(SC2O[C@H](CO)[C@@H](O)[C@H](O)[C@H]2O)cccc1C(=O)O)C(=O)O. The maximum Gasteiger partial charge on any atom is 0.336 e. The Morgan fingerprint density at radius 1 is 0.972 bits per heavy atom. The monoisotopic (exact) mass is 521 g/mol. The third-order valence-corrected chi connectivity index (χ3v) is 7.08. The number of anilines is 1. The number of aliphatic hydroxyl groups is 4. The molecule has 0 bridgehead atoms. The first-order valence-electron chi connectivity index (χ1n) is 11.0. The number of hydrogen-bond donors (Lipinski definition) is 6. The highest BCUT2D eigenvalue weighted by atomic mass is 32.2. The van der Waals surface area contributed by atoms with Crippen LogP contribution in [-0.2, 0) is 20.7 Å². The van der Waals surface area contributed by atoms with Gasteiger partial charge in [0, 0.05) is 23.9 Å². The van der Waals surface area contributed by atoms with E-state index in [1.807, 2.05) is 0 Å². The first-order chi connectivity index (χ1) is 17.1. The minimum atomic E-state index is -1.64. The number of aliphatic hydroxyl groups excluding tert-OH is 4. The van der Waals surface area contributed by atoms with Crippen LogP contribution in [0, 0.1) is 0 Å². The summed E-state index contributed by atoms with van der Waals surface area (Å²) in [6.07, 6.45) is -6.38. The lowest BCUT2D eigenvalue weighted by molar-refractivity contribution is -0.205. The Morgan fingerprint density at radius 3 is 2.19 bits per heavy atom. The lowest BCUT2D eigenvalue weighted by Gasteiger charge is -2.39. The van der Waals surface area contributed by atoms with E-state index in [2.05, 4.69) is 0 Å². The van der Waals surface area contributed by atoms with Gasteiger partial charge >= 0.3 is 11.9 Å². The maximum absolute atomic E-state index is 12.5. The minimum Gasteiger partial charge on any atom is -0.480 e. The number of carboxylic acid groups (broad SMARTS) is 2. The number of amides is 1. The molecule has 0 aromatic heterocycles. The zero-order valence-corrected chi connectivity index (χ0v) is 20.0. The molecule has 36 heavy (non-hydrogen) atoms. The van der Waals surface area contributed by atoms with Crippen molar-refractivity contribution in [2.24, 2.45) is 0 Å². The van der Waals surface area contributed by atoms with E-state index < -0.39 is 66.8 Å². The van der Waals surface area contributed by atoms with Crippen molar-refractivity contribution in [3.05, 3.63) is 59.7 Å². The standard InChI is InChI=1S/C24H27NO10S/c1-12(27)25(13-6-3-2-4-7-13)16(23(33)34)10-15-14(22(31)32)8-5-9-18(15)36-24-21(30)20(29)19(28)17(11-26)35-24/h2-9,16-17,19-21,24,26,28-30H,10-11H2,1H3,(H,31,32)(H,33,34)/t16-,17+,19+,20-,21+,24?/m0/s1. The van der Waals surface area contributed by atoms with E-state index in [9.17, 15) is 45.0 Å². The number of benzene rings is 2. The smallest absolute Gasteiger partial charge is 0.336 e. The molecule has 11 nitrogen and oxygen atoms in total. The van der Waals surface area contributed by atoms with Crippen molar-refractivity contribution in [2.45, 2.75) is 54.1 Å². The third-order valence-electron chi connectivity index (χ3n) is 5.82. The molecule has 6 atom stereocenters. The van der Waals surface area contributed by atoms with Crippen LogP contribution in [-0.4, -0.2) is 91.0 Å². The molecular weight excluding hydrogens is 494 g/mol. The summed E-state index contributed by atoms with van der Waals surface area (Å²) in [6.45, 7) is 0.561. The van der Waals surface area contributed by atoms with Crippen molar-refractivity contribution in [1.82, 2.24) is 0 Å². The average molecular weight is 522 g/mol. The summed E-state index contributed by atoms with van der Waals surface area (Å²) < 4.78 is 5.52. The first kappa shape index (κ1) is 27.6. The maximum atomic E-state index is 12.5. The second kappa shape index (κ2) is 11.8. The number of carbonyl (C=O) groups is 3. The van der Waals surface area contributed by atoms with Crippen molar-refractivity contribution in [3.8, 4) is 0 Å². The van der Waals surface area contributed by atoms with E-state index in [0.29, 0.717) is 5.69 Å². The fourth-order valence-corrected chi connectivity index (χ4v) is 5.27. The quantitative estimate of drug-likeness (QED) is 0.267. The summed E-state index contributed by atoms with van der Waals surface area (Å²) in [7, 11) is 0. The molecule has 0 radical (unpaired) electrons. The van der Waals surface area contributed by atoms with Gasteiger partial charge in [0.1, 0.15) is 35.9 Å². The summed E-state index contributed by atoms with van der Waals surface area (Å²) >= 11 is 0.811. The Labute approximate surface area is 210 Å². The van der Waals surface area contributed by atoms with Gasteiger partial charge in [-0.15, -0.1) is 0 Å². The van der Waals surface area contributed by atoms with Crippen LogP contribution in [0.1, 0.15) is 22.8 Å². The first-order valence-corrected chi connectivity index (χ1v) is 11.8. The highest BCUT2D eigenvalue weighted by Crippen LogP contribution is 2.37. The van der Waals surface area contributed by atoms with Crippen molar-refractivity contribution in [2.75, 3.05) is 11.5 Å². The van der Waals surface area contributed by atoms with Crippen LogP contribution in [0.5, 0.6) is 0 Å². The number of thioether (sulfide) groups is 1. The van der Waals surface area contributed by atoms with E-state index >= 15 is 0 Å². The van der Waals surface area contributed by atoms with Gasteiger partial charge in [0.2, 0.25) is 5.91 Å². The van der Waals surface area contributed by atoms with Crippen molar-refractivity contribution >= 4 is 35.3 Å². The van der Waals surface area contributed by atoms with Crippen LogP contribution < -0.4 is 4.90 Å². The predicted octanol–water partition coefficient (Wildman–Crippen LogP) is 0.326. The van der Waals surface area contributed by atoms with Gasteiger partial charge in [-0.05, 0) is 29.8 Å². The summed E-state index contributed by atoms with van der Waals surface area (Å²) in [5.74, 6) is -3.26. The fourth-order valence-electron chi connectivity index (χ4n) is 4.03. The van der Waals surface area contributed by atoms with E-state index in [1.165, 1.54) is 25.1 Å². The normalized spacial score (nSPS) is 24.6. The molecule has 2 aromatic rings. The highest BCUT2D eigenvalue weighted by molar-refractivity contribution is 7.99. The Hall–Kier alpha value is -3.00. The minimum absolute atomic E-state index is 0.0709. The number of para-hydroxylation sites is 1. The molecule has 6 N–H and O–H groups in total.